The molecule has 0 bridgehead atoms. The Morgan fingerprint density at radius 2 is 2.25 bits per heavy atom. The molecule has 3 N–H and O–H groups in total. The molecule has 1 aromatic rings. The van der Waals surface area contributed by atoms with Gasteiger partial charge in [0.15, 0.2) is 0 Å². The molecule has 0 aliphatic rings. The molecular formula is C8H9BrN2O. The predicted octanol–water partition coefficient (Wildman–Crippen LogP) is 2.25. The van der Waals surface area contributed by atoms with Gasteiger partial charge < -0.3 is 11.1 Å². The molecule has 0 unspecified atom stereocenters. The fourth-order valence-electron chi connectivity index (χ4n) is 0.862. The zero-order valence-electron chi connectivity index (χ0n) is 6.60. The Balaban J connectivity index is 2.97. The second-order valence-electron chi connectivity index (χ2n) is 2.45. The van der Waals surface area contributed by atoms with Crippen molar-refractivity contribution in [1.82, 2.24) is 0 Å². The first kappa shape index (κ1) is 9.06. The van der Waals surface area contributed by atoms with Gasteiger partial charge in [0.25, 0.3) is 0 Å². The lowest BCUT2D eigenvalue weighted by atomic mass is 10.2. The number of anilines is 1. The van der Waals surface area contributed by atoms with Crippen LogP contribution in [0.2, 0.25) is 0 Å². The molecule has 64 valence electrons. The van der Waals surface area contributed by atoms with Crippen molar-refractivity contribution < 1.29 is 4.79 Å². The van der Waals surface area contributed by atoms with Crippen LogP contribution in [0.1, 0.15) is 5.56 Å². The van der Waals surface area contributed by atoms with E-state index in [9.17, 15) is 4.79 Å². The number of carbonyl (C=O) groups excluding carboxylic acids is 1. The predicted molar refractivity (Wildman–Crippen MR) is 52.1 cm³/mol. The van der Waals surface area contributed by atoms with Crippen molar-refractivity contribution in [3.63, 3.8) is 0 Å². The van der Waals surface area contributed by atoms with Gasteiger partial charge in [-0.25, -0.2) is 4.79 Å². The second kappa shape index (κ2) is 3.58. The quantitative estimate of drug-likeness (QED) is 0.762. The van der Waals surface area contributed by atoms with E-state index in [1.807, 2.05) is 19.1 Å². The van der Waals surface area contributed by atoms with E-state index in [1.165, 1.54) is 0 Å². The van der Waals surface area contributed by atoms with E-state index >= 15 is 0 Å². The standard InChI is InChI=1S/C8H9BrN2O/c1-5-2-3-6(9)4-7(5)11-8(10)12/h2-4H,1H3,(H3,10,11,12). The number of rotatable bonds is 1. The maximum Gasteiger partial charge on any atom is 0.316 e. The second-order valence-corrected chi connectivity index (χ2v) is 3.36. The summed E-state index contributed by atoms with van der Waals surface area (Å²) in [6.45, 7) is 1.90. The summed E-state index contributed by atoms with van der Waals surface area (Å²) in [6.07, 6.45) is 0. The van der Waals surface area contributed by atoms with Crippen molar-refractivity contribution in [3.05, 3.63) is 28.2 Å². The van der Waals surface area contributed by atoms with Crippen molar-refractivity contribution in [3.8, 4) is 0 Å². The summed E-state index contributed by atoms with van der Waals surface area (Å²) in [6, 6.07) is 5.06. The molecule has 12 heavy (non-hydrogen) atoms. The highest BCUT2D eigenvalue weighted by atomic mass is 79.9. The molecule has 0 atom stereocenters. The summed E-state index contributed by atoms with van der Waals surface area (Å²) in [5, 5.41) is 2.52. The maximum absolute atomic E-state index is 10.5. The van der Waals surface area contributed by atoms with Crippen molar-refractivity contribution in [1.29, 1.82) is 0 Å². The smallest absolute Gasteiger partial charge is 0.316 e. The zero-order chi connectivity index (χ0) is 9.14. The van der Waals surface area contributed by atoms with Crippen molar-refractivity contribution >= 4 is 27.6 Å². The van der Waals surface area contributed by atoms with E-state index in [1.54, 1.807) is 6.07 Å². The number of aryl methyl sites for hydroxylation is 1. The Hall–Kier alpha value is -1.03. The summed E-state index contributed by atoms with van der Waals surface area (Å²) >= 11 is 3.29. The summed E-state index contributed by atoms with van der Waals surface area (Å²) in [7, 11) is 0. The SMILES string of the molecule is Cc1ccc(Br)cc1NC(N)=O. The Bertz CT molecular complexity index is 312. The molecule has 0 saturated carbocycles. The Labute approximate surface area is 79.1 Å². The summed E-state index contributed by atoms with van der Waals surface area (Å²) in [5.74, 6) is 0. The van der Waals surface area contributed by atoms with Gasteiger partial charge in [-0.3, -0.25) is 0 Å². The lowest BCUT2D eigenvalue weighted by Crippen LogP contribution is -2.19. The van der Waals surface area contributed by atoms with Crippen LogP contribution in [0.25, 0.3) is 0 Å². The number of primary amides is 1. The average Bonchev–Trinajstić information content (AvgIpc) is 1.96. The number of nitrogens with one attached hydrogen (secondary N) is 1. The molecule has 0 spiro atoms. The van der Waals surface area contributed by atoms with Gasteiger partial charge in [0.05, 0.1) is 0 Å². The molecule has 2 amide bonds. The Kier molecular flexibility index (Phi) is 2.70. The van der Waals surface area contributed by atoms with Gasteiger partial charge in [-0.2, -0.15) is 0 Å². The third kappa shape index (κ3) is 2.23. The first-order valence-electron chi connectivity index (χ1n) is 3.42. The van der Waals surface area contributed by atoms with Crippen molar-refractivity contribution in [2.45, 2.75) is 6.92 Å². The monoisotopic (exact) mass is 228 g/mol. The zero-order valence-corrected chi connectivity index (χ0v) is 8.18. The summed E-state index contributed by atoms with van der Waals surface area (Å²) in [4.78, 5) is 10.5. The topological polar surface area (TPSA) is 55.1 Å². The molecule has 1 rings (SSSR count). The van der Waals surface area contributed by atoms with Crippen LogP contribution in [0.4, 0.5) is 10.5 Å². The van der Waals surface area contributed by atoms with E-state index in [2.05, 4.69) is 21.2 Å². The van der Waals surface area contributed by atoms with Gasteiger partial charge in [0.2, 0.25) is 0 Å². The number of urea groups is 1. The van der Waals surface area contributed by atoms with Crippen molar-refractivity contribution in [2.24, 2.45) is 5.73 Å². The lowest BCUT2D eigenvalue weighted by Gasteiger charge is -2.05. The fourth-order valence-corrected chi connectivity index (χ4v) is 1.22. The minimum Gasteiger partial charge on any atom is -0.351 e. The van der Waals surface area contributed by atoms with Gasteiger partial charge >= 0.3 is 6.03 Å². The molecule has 3 nitrogen and oxygen atoms in total. The van der Waals surface area contributed by atoms with E-state index < -0.39 is 6.03 Å². The molecule has 0 aromatic heterocycles. The number of hydrogen-bond acceptors (Lipinski definition) is 1. The molecule has 0 radical (unpaired) electrons. The third-order valence-corrected chi connectivity index (χ3v) is 1.95. The van der Waals surface area contributed by atoms with E-state index in [-0.39, 0.29) is 0 Å². The van der Waals surface area contributed by atoms with Gasteiger partial charge in [-0.05, 0) is 24.6 Å². The van der Waals surface area contributed by atoms with Crippen molar-refractivity contribution in [2.75, 3.05) is 5.32 Å². The van der Waals surface area contributed by atoms with E-state index in [0.717, 1.165) is 15.7 Å². The Morgan fingerprint density at radius 1 is 1.58 bits per heavy atom. The van der Waals surface area contributed by atoms with Crippen LogP contribution in [0.15, 0.2) is 22.7 Å². The molecule has 0 fully saturated rings. The molecule has 0 saturated heterocycles. The molecule has 0 heterocycles. The number of hydrogen-bond donors (Lipinski definition) is 2. The average molecular weight is 229 g/mol. The van der Waals surface area contributed by atoms with Crippen LogP contribution >= 0.6 is 15.9 Å². The fraction of sp³-hybridized carbons (Fsp3) is 0.125. The normalized spacial score (nSPS) is 9.50. The highest BCUT2D eigenvalue weighted by Gasteiger charge is 2.00. The van der Waals surface area contributed by atoms with Crippen LogP contribution < -0.4 is 11.1 Å². The third-order valence-electron chi connectivity index (χ3n) is 1.46. The number of halogens is 1. The van der Waals surface area contributed by atoms with Crippen LogP contribution in [-0.4, -0.2) is 6.03 Å². The van der Waals surface area contributed by atoms with Gasteiger partial charge in [0.1, 0.15) is 0 Å². The van der Waals surface area contributed by atoms with Crippen LogP contribution in [-0.2, 0) is 0 Å². The lowest BCUT2D eigenvalue weighted by molar-refractivity contribution is 0.259. The molecule has 1 aromatic carbocycles. The van der Waals surface area contributed by atoms with E-state index in [0.29, 0.717) is 0 Å². The van der Waals surface area contributed by atoms with Gasteiger partial charge in [-0.15, -0.1) is 0 Å². The Morgan fingerprint density at radius 3 is 2.83 bits per heavy atom. The first-order chi connectivity index (χ1) is 5.59. The minimum atomic E-state index is -0.545. The van der Waals surface area contributed by atoms with Crippen LogP contribution in [0.5, 0.6) is 0 Å². The van der Waals surface area contributed by atoms with Gasteiger partial charge in [-0.1, -0.05) is 22.0 Å². The van der Waals surface area contributed by atoms with Crippen LogP contribution in [0.3, 0.4) is 0 Å². The molecule has 0 aliphatic heterocycles. The maximum atomic E-state index is 10.5. The molecular weight excluding hydrogens is 220 g/mol. The summed E-state index contributed by atoms with van der Waals surface area (Å²) in [5.41, 5.74) is 6.69. The largest absolute Gasteiger partial charge is 0.351 e. The minimum absolute atomic E-state index is 0.545. The number of benzene rings is 1. The van der Waals surface area contributed by atoms with E-state index in [4.69, 9.17) is 5.73 Å². The number of carbonyl (C=O) groups is 1. The number of nitrogens with two attached hydrogens (primary N) is 1. The first-order valence-corrected chi connectivity index (χ1v) is 4.21. The highest BCUT2D eigenvalue weighted by Crippen LogP contribution is 2.20. The molecule has 0 aliphatic carbocycles. The van der Waals surface area contributed by atoms with Crippen LogP contribution in [0, 0.1) is 6.92 Å². The molecule has 4 heteroatoms. The number of amides is 2. The highest BCUT2D eigenvalue weighted by molar-refractivity contribution is 9.10. The summed E-state index contributed by atoms with van der Waals surface area (Å²) < 4.78 is 0.914. The van der Waals surface area contributed by atoms with Gasteiger partial charge in [0, 0.05) is 10.2 Å².